The van der Waals surface area contributed by atoms with E-state index in [1.54, 1.807) is 24.3 Å². The van der Waals surface area contributed by atoms with Gasteiger partial charge in [0, 0.05) is 11.5 Å². The first-order valence-electron chi connectivity index (χ1n) is 8.17. The Morgan fingerprint density at radius 2 is 1.65 bits per heavy atom. The number of ketones is 1. The van der Waals surface area contributed by atoms with Crippen molar-refractivity contribution in [2.75, 3.05) is 0 Å². The lowest BCUT2D eigenvalue weighted by Crippen LogP contribution is -2.39. The van der Waals surface area contributed by atoms with Crippen LogP contribution in [0, 0.1) is 11.8 Å². The number of amides is 1. The average Bonchev–Trinajstić information content (AvgIpc) is 2.65. The maximum atomic E-state index is 12.6. The summed E-state index contributed by atoms with van der Waals surface area (Å²) in [5.41, 5.74) is 7.39. The lowest BCUT2D eigenvalue weighted by molar-refractivity contribution is -0.133. The van der Waals surface area contributed by atoms with E-state index in [0.29, 0.717) is 17.1 Å². The molecule has 0 radical (unpaired) electrons. The smallest absolute Gasteiger partial charge is 0.246 e. The van der Waals surface area contributed by atoms with Gasteiger partial charge in [0.05, 0.1) is 5.92 Å². The zero-order chi connectivity index (χ0) is 19.1. The average molecular weight is 358 g/mol. The van der Waals surface area contributed by atoms with Crippen LogP contribution in [-0.2, 0) is 4.79 Å². The number of nitrogens with two attached hydrogens (primary N) is 1. The van der Waals surface area contributed by atoms with Crippen LogP contribution in [0.4, 0.5) is 0 Å². The second kappa shape index (κ2) is 9.10. The van der Waals surface area contributed by atoms with E-state index < -0.39 is 24.0 Å². The first-order valence-corrected chi connectivity index (χ1v) is 8.17. The first-order chi connectivity index (χ1) is 12.4. The number of ether oxygens (including phenoxy) is 1. The van der Waals surface area contributed by atoms with Gasteiger partial charge in [-0.15, -0.1) is 0 Å². The number of benzene rings is 2. The van der Waals surface area contributed by atoms with E-state index in [1.165, 1.54) is 12.4 Å². The fraction of sp³-hybridized carbons (Fsp3) is 0.263. The molecular formula is C19H22N2O5. The topological polar surface area (TPSA) is 122 Å². The first kappa shape index (κ1) is 19.6. The summed E-state index contributed by atoms with van der Waals surface area (Å²) in [5, 5.41) is 18.4. The van der Waals surface area contributed by atoms with E-state index in [1.807, 2.05) is 30.3 Å². The minimum atomic E-state index is -1.42. The van der Waals surface area contributed by atoms with Gasteiger partial charge >= 0.3 is 0 Å². The highest BCUT2D eigenvalue weighted by Crippen LogP contribution is 2.24. The van der Waals surface area contributed by atoms with Gasteiger partial charge in [-0.3, -0.25) is 14.8 Å². The number of para-hydroxylation sites is 1. The van der Waals surface area contributed by atoms with Crippen LogP contribution in [0.15, 0.2) is 54.6 Å². The van der Waals surface area contributed by atoms with Crippen LogP contribution < -0.4 is 16.0 Å². The number of rotatable bonds is 8. The monoisotopic (exact) mass is 358 g/mol. The summed E-state index contributed by atoms with van der Waals surface area (Å²) >= 11 is 0. The van der Waals surface area contributed by atoms with Crippen LogP contribution in [0.3, 0.4) is 0 Å². The summed E-state index contributed by atoms with van der Waals surface area (Å²) in [5.74, 6) is -1.45. The molecule has 0 aromatic heterocycles. The SMILES string of the molecule is CC(CC(C(=O)c1ccc(Oc2ccccc2)cc1)C(N)O)C(=O)NO. The number of aliphatic hydroxyl groups excluding tert-OH is 1. The van der Waals surface area contributed by atoms with Gasteiger partial charge in [0.15, 0.2) is 5.78 Å². The van der Waals surface area contributed by atoms with Crippen molar-refractivity contribution >= 4 is 11.7 Å². The highest BCUT2D eigenvalue weighted by atomic mass is 16.5. The highest BCUT2D eigenvalue weighted by molar-refractivity contribution is 5.98. The van der Waals surface area contributed by atoms with Crippen molar-refractivity contribution < 1.29 is 24.6 Å². The number of hydrogen-bond donors (Lipinski definition) is 4. The van der Waals surface area contributed by atoms with Gasteiger partial charge in [-0.25, -0.2) is 5.48 Å². The standard InChI is InChI=1S/C19H22N2O5/c1-12(19(24)21-25)11-16(18(20)23)17(22)13-7-9-15(10-8-13)26-14-5-3-2-4-6-14/h2-10,12,16,18,23,25H,11,20H2,1H3,(H,21,24). The molecule has 0 fully saturated rings. The molecule has 0 saturated carbocycles. The summed E-state index contributed by atoms with van der Waals surface area (Å²) in [7, 11) is 0. The third-order valence-corrected chi connectivity index (χ3v) is 4.03. The van der Waals surface area contributed by atoms with Crippen LogP contribution in [0.1, 0.15) is 23.7 Å². The maximum absolute atomic E-state index is 12.6. The van der Waals surface area contributed by atoms with Crippen molar-refractivity contribution in [1.29, 1.82) is 0 Å². The van der Waals surface area contributed by atoms with Gasteiger partial charge in [0.2, 0.25) is 5.91 Å². The molecule has 5 N–H and O–H groups in total. The van der Waals surface area contributed by atoms with Gasteiger partial charge in [-0.2, -0.15) is 0 Å². The van der Waals surface area contributed by atoms with Gasteiger partial charge < -0.3 is 15.6 Å². The van der Waals surface area contributed by atoms with E-state index in [4.69, 9.17) is 15.7 Å². The predicted molar refractivity (Wildman–Crippen MR) is 94.7 cm³/mol. The molecule has 7 nitrogen and oxygen atoms in total. The Bertz CT molecular complexity index is 731. The molecule has 3 atom stereocenters. The van der Waals surface area contributed by atoms with Crippen molar-refractivity contribution in [3.63, 3.8) is 0 Å². The van der Waals surface area contributed by atoms with Gasteiger partial charge in [0.1, 0.15) is 17.7 Å². The molecular weight excluding hydrogens is 336 g/mol. The Morgan fingerprint density at radius 3 is 2.19 bits per heavy atom. The Hall–Kier alpha value is -2.74. The molecule has 0 bridgehead atoms. The molecule has 0 aliphatic rings. The maximum Gasteiger partial charge on any atom is 0.246 e. The van der Waals surface area contributed by atoms with E-state index in [9.17, 15) is 14.7 Å². The normalized spacial score (nSPS) is 14.2. The minimum Gasteiger partial charge on any atom is -0.457 e. The van der Waals surface area contributed by atoms with Crippen LogP contribution in [-0.4, -0.2) is 28.2 Å². The molecule has 7 heteroatoms. The molecule has 0 saturated heterocycles. The molecule has 0 heterocycles. The van der Waals surface area contributed by atoms with E-state index >= 15 is 0 Å². The van der Waals surface area contributed by atoms with Crippen molar-refractivity contribution in [2.45, 2.75) is 19.6 Å². The molecule has 0 spiro atoms. The number of nitrogens with one attached hydrogen (secondary N) is 1. The summed E-state index contributed by atoms with van der Waals surface area (Å²) in [6.07, 6.45) is -1.41. The minimum absolute atomic E-state index is 0.00512. The largest absolute Gasteiger partial charge is 0.457 e. The molecule has 1 amide bonds. The molecule has 0 aliphatic heterocycles. The van der Waals surface area contributed by atoms with Crippen LogP contribution in [0.2, 0.25) is 0 Å². The molecule has 2 rings (SSSR count). The Labute approximate surface area is 151 Å². The summed E-state index contributed by atoms with van der Waals surface area (Å²) in [4.78, 5) is 24.1. The fourth-order valence-electron chi connectivity index (χ4n) is 2.53. The van der Waals surface area contributed by atoms with E-state index in [0.717, 1.165) is 0 Å². The number of Topliss-reactive ketones (excluding diaryl/α,β-unsaturated/α-hetero) is 1. The van der Waals surface area contributed by atoms with Crippen LogP contribution in [0.5, 0.6) is 11.5 Å². The van der Waals surface area contributed by atoms with Crippen molar-refractivity contribution in [3.05, 3.63) is 60.2 Å². The molecule has 3 unspecified atom stereocenters. The van der Waals surface area contributed by atoms with Gasteiger partial charge in [-0.05, 0) is 42.8 Å². The molecule has 2 aromatic carbocycles. The summed E-state index contributed by atoms with van der Waals surface area (Å²) < 4.78 is 5.67. The second-order valence-corrected chi connectivity index (χ2v) is 6.01. The quantitative estimate of drug-likeness (QED) is 0.248. The number of carbonyl (C=O) groups is 2. The van der Waals surface area contributed by atoms with E-state index in [-0.39, 0.29) is 12.2 Å². The number of hydrogen-bond acceptors (Lipinski definition) is 6. The zero-order valence-corrected chi connectivity index (χ0v) is 14.3. The molecule has 26 heavy (non-hydrogen) atoms. The van der Waals surface area contributed by atoms with Crippen molar-refractivity contribution in [2.24, 2.45) is 17.6 Å². The molecule has 2 aromatic rings. The Morgan fingerprint density at radius 1 is 1.08 bits per heavy atom. The van der Waals surface area contributed by atoms with Crippen LogP contribution >= 0.6 is 0 Å². The summed E-state index contributed by atoms with van der Waals surface area (Å²) in [6.45, 7) is 1.53. The third kappa shape index (κ3) is 5.13. The highest BCUT2D eigenvalue weighted by Gasteiger charge is 2.29. The van der Waals surface area contributed by atoms with Crippen molar-refractivity contribution in [1.82, 2.24) is 5.48 Å². The molecule has 138 valence electrons. The third-order valence-electron chi connectivity index (χ3n) is 4.03. The number of carbonyl (C=O) groups excluding carboxylic acids is 2. The fourth-order valence-corrected chi connectivity index (χ4v) is 2.53. The van der Waals surface area contributed by atoms with Gasteiger partial charge in [0.25, 0.3) is 0 Å². The Balaban J connectivity index is 2.09. The number of aliphatic hydroxyl groups is 1. The van der Waals surface area contributed by atoms with Crippen LogP contribution in [0.25, 0.3) is 0 Å². The predicted octanol–water partition coefficient (Wildman–Crippen LogP) is 2.09. The van der Waals surface area contributed by atoms with Crippen molar-refractivity contribution in [3.8, 4) is 11.5 Å². The Kier molecular flexibility index (Phi) is 6.85. The van der Waals surface area contributed by atoms with Gasteiger partial charge in [-0.1, -0.05) is 25.1 Å². The lowest BCUT2D eigenvalue weighted by atomic mass is 9.87. The number of hydroxylamine groups is 1. The van der Waals surface area contributed by atoms with E-state index in [2.05, 4.69) is 0 Å². The molecule has 0 aliphatic carbocycles. The zero-order valence-electron chi connectivity index (χ0n) is 14.3. The second-order valence-electron chi connectivity index (χ2n) is 6.01. The summed E-state index contributed by atoms with van der Waals surface area (Å²) in [6, 6.07) is 15.6. The lowest BCUT2D eigenvalue weighted by Gasteiger charge is -2.21.